The number of carbonyl (C=O) groups excluding carboxylic acids is 1. The van der Waals surface area contributed by atoms with Crippen molar-refractivity contribution in [3.63, 3.8) is 0 Å². The Kier molecular flexibility index (Phi) is 8.27. The monoisotopic (exact) mass is 495 g/mol. The quantitative estimate of drug-likeness (QED) is 0.436. The lowest BCUT2D eigenvalue weighted by Crippen LogP contribution is -2.32. The summed E-state index contributed by atoms with van der Waals surface area (Å²) in [4.78, 5) is 12.4. The maximum atomic E-state index is 12.4. The molecule has 0 radical (unpaired) electrons. The number of nitrogens with one attached hydrogen (secondary N) is 1. The Balaban J connectivity index is 1.76. The summed E-state index contributed by atoms with van der Waals surface area (Å²) in [6.45, 7) is 1.26. The van der Waals surface area contributed by atoms with E-state index in [-0.39, 0.29) is 18.3 Å². The lowest BCUT2D eigenvalue weighted by Gasteiger charge is -2.14. The van der Waals surface area contributed by atoms with E-state index in [1.165, 1.54) is 13.2 Å². The number of hydrogen-bond acceptors (Lipinski definition) is 6. The molecule has 0 aromatic heterocycles. The molecule has 1 atom stereocenters. The van der Waals surface area contributed by atoms with Crippen LogP contribution in [0.2, 0.25) is 0 Å². The summed E-state index contributed by atoms with van der Waals surface area (Å²) >= 11 is 3.47. The van der Waals surface area contributed by atoms with Gasteiger partial charge in [-0.15, -0.1) is 0 Å². The van der Waals surface area contributed by atoms with E-state index < -0.39 is 5.91 Å². The van der Waals surface area contributed by atoms with Gasteiger partial charge in [0.15, 0.2) is 11.5 Å². The second-order valence-corrected chi connectivity index (χ2v) is 7.95. The summed E-state index contributed by atoms with van der Waals surface area (Å²) in [6, 6.07) is 14.7. The first-order valence-electron chi connectivity index (χ1n) is 10.1. The molecule has 164 valence electrons. The SMILES string of the molecule is COc1cc(/C=C(\C#N)C(=O)NC[C@H]2CCCO2)c(Br)cc1OCc1ccccc1C#N. The molecule has 8 heteroatoms. The second-order valence-electron chi connectivity index (χ2n) is 7.10. The number of rotatable bonds is 8. The lowest BCUT2D eigenvalue weighted by molar-refractivity contribution is -0.117. The molecular weight excluding hydrogens is 474 g/mol. The van der Waals surface area contributed by atoms with Gasteiger partial charge in [0.05, 0.1) is 24.8 Å². The zero-order valence-corrected chi connectivity index (χ0v) is 19.1. The third-order valence-corrected chi connectivity index (χ3v) is 5.67. The first-order chi connectivity index (χ1) is 15.5. The van der Waals surface area contributed by atoms with Gasteiger partial charge < -0.3 is 19.5 Å². The maximum absolute atomic E-state index is 12.4. The average Bonchev–Trinajstić information content (AvgIpc) is 3.34. The van der Waals surface area contributed by atoms with Gasteiger partial charge in [0.1, 0.15) is 18.2 Å². The molecule has 1 aliphatic rings. The molecule has 0 spiro atoms. The first-order valence-corrected chi connectivity index (χ1v) is 10.8. The van der Waals surface area contributed by atoms with E-state index in [1.54, 1.807) is 24.3 Å². The fourth-order valence-corrected chi connectivity index (χ4v) is 3.69. The van der Waals surface area contributed by atoms with Gasteiger partial charge in [-0.3, -0.25) is 4.79 Å². The maximum Gasteiger partial charge on any atom is 0.262 e. The zero-order valence-electron chi connectivity index (χ0n) is 17.6. The highest BCUT2D eigenvalue weighted by Crippen LogP contribution is 2.35. The number of ether oxygens (including phenoxy) is 3. The fourth-order valence-electron chi connectivity index (χ4n) is 3.26. The minimum atomic E-state index is -0.456. The minimum absolute atomic E-state index is 0.00619. The highest BCUT2D eigenvalue weighted by molar-refractivity contribution is 9.10. The van der Waals surface area contributed by atoms with Crippen molar-refractivity contribution in [1.82, 2.24) is 5.32 Å². The van der Waals surface area contributed by atoms with E-state index in [4.69, 9.17) is 14.2 Å². The van der Waals surface area contributed by atoms with E-state index in [0.717, 1.165) is 18.4 Å². The van der Waals surface area contributed by atoms with Crippen LogP contribution in [0.25, 0.3) is 6.08 Å². The Morgan fingerprint density at radius 3 is 2.81 bits per heavy atom. The molecule has 0 bridgehead atoms. The molecule has 0 saturated carbocycles. The van der Waals surface area contributed by atoms with E-state index in [0.29, 0.717) is 40.3 Å². The molecule has 3 rings (SSSR count). The molecule has 0 aliphatic carbocycles. The number of nitrogens with zero attached hydrogens (tertiary/aromatic N) is 2. The molecule has 1 aliphatic heterocycles. The van der Waals surface area contributed by atoms with Crippen molar-refractivity contribution >= 4 is 27.9 Å². The van der Waals surface area contributed by atoms with Crippen LogP contribution in [0.5, 0.6) is 11.5 Å². The predicted octanol–water partition coefficient (Wildman–Crippen LogP) is 4.11. The molecule has 0 unspecified atom stereocenters. The van der Waals surface area contributed by atoms with E-state index in [2.05, 4.69) is 27.3 Å². The van der Waals surface area contributed by atoms with Gasteiger partial charge in [0.2, 0.25) is 0 Å². The Hall–Kier alpha value is -3.33. The van der Waals surface area contributed by atoms with Crippen molar-refractivity contribution in [2.24, 2.45) is 0 Å². The second kappa shape index (κ2) is 11.3. The number of nitriles is 2. The van der Waals surface area contributed by atoms with Crippen LogP contribution in [0, 0.1) is 22.7 Å². The van der Waals surface area contributed by atoms with E-state index in [9.17, 15) is 15.3 Å². The van der Waals surface area contributed by atoms with Gasteiger partial charge in [-0.05, 0) is 42.7 Å². The number of benzene rings is 2. The van der Waals surface area contributed by atoms with Crippen molar-refractivity contribution in [3.8, 4) is 23.6 Å². The molecule has 2 aromatic rings. The molecule has 1 heterocycles. The van der Waals surface area contributed by atoms with Gasteiger partial charge in [-0.2, -0.15) is 10.5 Å². The van der Waals surface area contributed by atoms with E-state index in [1.807, 2.05) is 18.2 Å². The van der Waals surface area contributed by atoms with E-state index >= 15 is 0 Å². The first kappa shape index (κ1) is 23.3. The molecule has 2 aromatic carbocycles. The third-order valence-electron chi connectivity index (χ3n) is 4.98. The van der Waals surface area contributed by atoms with Crippen LogP contribution in [0.15, 0.2) is 46.4 Å². The molecular formula is C24H22BrN3O4. The summed E-state index contributed by atoms with van der Waals surface area (Å²) in [5.74, 6) is 0.443. The smallest absolute Gasteiger partial charge is 0.262 e. The van der Waals surface area contributed by atoms with Crippen LogP contribution >= 0.6 is 15.9 Å². The Labute approximate surface area is 195 Å². The van der Waals surface area contributed by atoms with Crippen LogP contribution in [0.4, 0.5) is 0 Å². The van der Waals surface area contributed by atoms with Crippen molar-refractivity contribution in [2.45, 2.75) is 25.6 Å². The zero-order chi connectivity index (χ0) is 22.9. The van der Waals surface area contributed by atoms with Crippen molar-refractivity contribution in [2.75, 3.05) is 20.3 Å². The highest BCUT2D eigenvalue weighted by Gasteiger charge is 2.18. The van der Waals surface area contributed by atoms with Crippen LogP contribution in [-0.2, 0) is 16.1 Å². The van der Waals surface area contributed by atoms with Gasteiger partial charge in [0.25, 0.3) is 5.91 Å². The molecule has 1 fully saturated rings. The van der Waals surface area contributed by atoms with Gasteiger partial charge in [-0.25, -0.2) is 0 Å². The fraction of sp³-hybridized carbons (Fsp3) is 0.292. The molecule has 1 saturated heterocycles. The van der Waals surface area contributed by atoms with Gasteiger partial charge in [-0.1, -0.05) is 34.1 Å². The standard InChI is InChI=1S/C24H22BrN3O4/c1-30-22-10-18(9-19(13-27)24(29)28-14-20-7-4-8-31-20)21(25)11-23(22)32-15-17-6-3-2-5-16(17)12-26/h2-3,5-6,9-11,20H,4,7-8,14-15H2,1H3,(H,28,29)/b19-9+/t20-/m1/s1. The average molecular weight is 496 g/mol. The third kappa shape index (κ3) is 5.88. The number of hydrogen-bond donors (Lipinski definition) is 1. The molecule has 32 heavy (non-hydrogen) atoms. The lowest BCUT2D eigenvalue weighted by atomic mass is 10.1. The predicted molar refractivity (Wildman–Crippen MR) is 122 cm³/mol. The van der Waals surface area contributed by atoms with Crippen LogP contribution in [0.3, 0.4) is 0 Å². The topological polar surface area (TPSA) is 104 Å². The minimum Gasteiger partial charge on any atom is -0.493 e. The summed E-state index contributed by atoms with van der Waals surface area (Å²) in [6.07, 6.45) is 3.36. The normalized spacial score (nSPS) is 15.5. The van der Waals surface area contributed by atoms with Crippen molar-refractivity contribution < 1.29 is 19.0 Å². The summed E-state index contributed by atoms with van der Waals surface area (Å²) < 4.78 is 17.4. The largest absolute Gasteiger partial charge is 0.493 e. The van der Waals surface area contributed by atoms with Gasteiger partial charge in [0, 0.05) is 23.2 Å². The van der Waals surface area contributed by atoms with Crippen LogP contribution in [0.1, 0.15) is 29.5 Å². The molecule has 1 N–H and O–H groups in total. The Morgan fingerprint density at radius 2 is 2.12 bits per heavy atom. The van der Waals surface area contributed by atoms with Crippen molar-refractivity contribution in [1.29, 1.82) is 10.5 Å². The molecule has 7 nitrogen and oxygen atoms in total. The molecule has 1 amide bonds. The highest BCUT2D eigenvalue weighted by atomic mass is 79.9. The number of methoxy groups -OCH3 is 1. The Morgan fingerprint density at radius 1 is 1.31 bits per heavy atom. The van der Waals surface area contributed by atoms with Crippen LogP contribution < -0.4 is 14.8 Å². The number of carbonyl (C=O) groups is 1. The number of halogens is 1. The van der Waals surface area contributed by atoms with Gasteiger partial charge >= 0.3 is 0 Å². The summed E-state index contributed by atoms with van der Waals surface area (Å²) in [5, 5.41) is 21.5. The van der Waals surface area contributed by atoms with Crippen LogP contribution in [-0.4, -0.2) is 32.3 Å². The summed E-state index contributed by atoms with van der Waals surface area (Å²) in [5.41, 5.74) is 1.86. The van der Waals surface area contributed by atoms with Crippen molar-refractivity contribution in [3.05, 3.63) is 63.1 Å². The Bertz CT molecular complexity index is 1100. The summed E-state index contributed by atoms with van der Waals surface area (Å²) in [7, 11) is 1.51. The number of amides is 1.